The number of rotatable bonds is 6. The zero-order chi connectivity index (χ0) is 19.0. The fourth-order valence-corrected chi connectivity index (χ4v) is 3.76. The molecule has 0 atom stereocenters. The minimum absolute atomic E-state index is 0.243. The van der Waals surface area contributed by atoms with E-state index in [4.69, 9.17) is 9.68 Å². The van der Waals surface area contributed by atoms with Crippen LogP contribution >= 0.6 is 0 Å². The second-order valence-electron chi connectivity index (χ2n) is 6.88. The number of hydrogen-bond acceptors (Lipinski definition) is 3. The summed E-state index contributed by atoms with van der Waals surface area (Å²) in [5, 5.41) is 18.1. The lowest BCUT2D eigenvalue weighted by Crippen LogP contribution is -2.07. The van der Waals surface area contributed by atoms with Crippen molar-refractivity contribution in [3.8, 4) is 5.69 Å². The van der Waals surface area contributed by atoms with Gasteiger partial charge in [0.05, 0.1) is 17.2 Å². The van der Waals surface area contributed by atoms with Crippen molar-refractivity contribution >= 4 is 29.5 Å². The van der Waals surface area contributed by atoms with Gasteiger partial charge in [-0.15, -0.1) is 0 Å². The molecule has 2 heterocycles. The lowest BCUT2D eigenvalue weighted by molar-refractivity contribution is 0.288. The molecular formula is C20H20BFN3O2. The highest BCUT2D eigenvalue weighted by Gasteiger charge is 2.21. The minimum atomic E-state index is -0.259. The zero-order valence-electron chi connectivity index (χ0n) is 15.2. The van der Waals surface area contributed by atoms with Gasteiger partial charge >= 0.3 is 7.69 Å². The predicted octanol–water partition coefficient (Wildman–Crippen LogP) is 3.85. The van der Waals surface area contributed by atoms with Gasteiger partial charge in [0.25, 0.3) is 0 Å². The molecule has 0 amide bonds. The number of hydrogen-bond donors (Lipinski definition) is 2. The molecule has 0 aliphatic heterocycles. The summed E-state index contributed by atoms with van der Waals surface area (Å²) in [4.78, 5) is 0. The first-order valence-electron chi connectivity index (χ1n) is 8.94. The van der Waals surface area contributed by atoms with E-state index in [0.29, 0.717) is 13.0 Å². The number of aromatic amines is 1. The van der Waals surface area contributed by atoms with E-state index in [9.17, 15) is 4.39 Å². The number of benzene rings is 2. The summed E-state index contributed by atoms with van der Waals surface area (Å²) in [5.74, 6) is -0.0160. The SMILES string of the molecule is CC(C)c1c(CCO[B]O)c2cc3[nH]ncc3cc2n1-c1ccc(F)cc1. The molecule has 4 rings (SSSR count). The van der Waals surface area contributed by atoms with Gasteiger partial charge < -0.3 is 14.2 Å². The van der Waals surface area contributed by atoms with Crippen LogP contribution in [0.1, 0.15) is 31.0 Å². The number of nitrogens with zero attached hydrogens (tertiary/aromatic N) is 2. The highest BCUT2D eigenvalue weighted by molar-refractivity contribution is 6.15. The number of nitrogens with one attached hydrogen (secondary N) is 1. The average molecular weight is 364 g/mol. The molecule has 0 fully saturated rings. The van der Waals surface area contributed by atoms with E-state index in [1.807, 2.05) is 0 Å². The number of halogens is 1. The fraction of sp³-hybridized carbons (Fsp3) is 0.250. The van der Waals surface area contributed by atoms with E-state index in [2.05, 4.69) is 40.7 Å². The van der Waals surface area contributed by atoms with E-state index >= 15 is 0 Å². The standard InChI is InChI=1S/C20H20BFN3O2/c1-12(2)20-16(7-8-27-21-26)17-10-18-13(11-23-24-18)9-19(17)25(20)15-5-3-14(22)4-6-15/h3-6,9-12,26H,7-8H2,1-2H3,(H,23,24). The van der Waals surface area contributed by atoms with E-state index in [0.717, 1.165) is 46.4 Å². The van der Waals surface area contributed by atoms with Gasteiger partial charge in [-0.2, -0.15) is 5.10 Å². The molecule has 0 aliphatic rings. The van der Waals surface area contributed by atoms with Gasteiger partial charge in [0.1, 0.15) is 5.82 Å². The maximum Gasteiger partial charge on any atom is 0.485 e. The van der Waals surface area contributed by atoms with Crippen molar-refractivity contribution < 1.29 is 14.1 Å². The summed E-state index contributed by atoms with van der Waals surface area (Å²) < 4.78 is 20.7. The molecule has 4 aromatic rings. The molecule has 137 valence electrons. The van der Waals surface area contributed by atoms with Crippen LogP contribution in [0.15, 0.2) is 42.6 Å². The Kier molecular flexibility index (Phi) is 4.72. The Labute approximate surface area is 157 Å². The molecule has 5 nitrogen and oxygen atoms in total. The Morgan fingerprint density at radius 2 is 2.04 bits per heavy atom. The minimum Gasteiger partial charge on any atom is -0.429 e. The lowest BCUT2D eigenvalue weighted by Gasteiger charge is -2.15. The maximum atomic E-state index is 13.5. The summed E-state index contributed by atoms with van der Waals surface area (Å²) in [6, 6.07) is 10.7. The molecule has 0 saturated carbocycles. The summed E-state index contributed by atoms with van der Waals surface area (Å²) in [6.45, 7) is 4.66. The number of fused-ring (bicyclic) bond motifs is 2. The van der Waals surface area contributed by atoms with E-state index in [1.165, 1.54) is 12.1 Å². The summed E-state index contributed by atoms with van der Waals surface area (Å²) in [5.41, 5.74) is 5.22. The smallest absolute Gasteiger partial charge is 0.429 e. The second kappa shape index (κ2) is 7.17. The van der Waals surface area contributed by atoms with Crippen molar-refractivity contribution in [1.29, 1.82) is 0 Å². The van der Waals surface area contributed by atoms with Crippen LogP contribution < -0.4 is 0 Å². The van der Waals surface area contributed by atoms with Crippen LogP contribution in [0.3, 0.4) is 0 Å². The molecule has 2 aromatic carbocycles. The topological polar surface area (TPSA) is 63.1 Å². The molecule has 2 N–H and O–H groups in total. The molecule has 7 heteroatoms. The second-order valence-corrected chi connectivity index (χ2v) is 6.88. The highest BCUT2D eigenvalue weighted by atomic mass is 19.1. The molecule has 27 heavy (non-hydrogen) atoms. The molecule has 2 aromatic heterocycles. The Balaban J connectivity index is 2.03. The molecule has 0 unspecified atom stereocenters. The van der Waals surface area contributed by atoms with E-state index in [-0.39, 0.29) is 11.7 Å². The van der Waals surface area contributed by atoms with Crippen molar-refractivity contribution in [3.63, 3.8) is 0 Å². The predicted molar refractivity (Wildman–Crippen MR) is 105 cm³/mol. The average Bonchev–Trinajstić information content (AvgIpc) is 3.23. The van der Waals surface area contributed by atoms with Gasteiger partial charge in [0, 0.05) is 28.8 Å². The Bertz CT molecular complexity index is 1090. The van der Waals surface area contributed by atoms with Crippen molar-refractivity contribution in [3.05, 3.63) is 59.7 Å². The Hall–Kier alpha value is -2.64. The van der Waals surface area contributed by atoms with Gasteiger partial charge in [0.15, 0.2) is 0 Å². The van der Waals surface area contributed by atoms with Gasteiger partial charge in [-0.1, -0.05) is 13.8 Å². The number of aromatic nitrogens is 3. The third-order valence-corrected chi connectivity index (χ3v) is 4.85. The third-order valence-electron chi connectivity index (χ3n) is 4.85. The monoisotopic (exact) mass is 364 g/mol. The van der Waals surface area contributed by atoms with Gasteiger partial charge in [-0.05, 0) is 54.3 Å². The molecular weight excluding hydrogens is 344 g/mol. The summed E-state index contributed by atoms with van der Waals surface area (Å²) >= 11 is 0. The molecule has 0 aliphatic carbocycles. The normalized spacial score (nSPS) is 11.7. The van der Waals surface area contributed by atoms with Crippen LogP contribution in [0.4, 0.5) is 4.39 Å². The Morgan fingerprint density at radius 3 is 2.74 bits per heavy atom. The quantitative estimate of drug-likeness (QED) is 0.404. The largest absolute Gasteiger partial charge is 0.485 e. The molecule has 1 radical (unpaired) electrons. The lowest BCUT2D eigenvalue weighted by atomic mass is 10.0. The summed E-state index contributed by atoms with van der Waals surface area (Å²) in [7, 11) is 0.724. The molecule has 0 spiro atoms. The van der Waals surface area contributed by atoms with Gasteiger partial charge in [-0.25, -0.2) is 4.39 Å². The number of H-pyrrole nitrogens is 1. The van der Waals surface area contributed by atoms with Gasteiger partial charge in [0.2, 0.25) is 0 Å². The van der Waals surface area contributed by atoms with Crippen LogP contribution in [-0.2, 0) is 11.1 Å². The Morgan fingerprint density at radius 1 is 1.26 bits per heavy atom. The first-order valence-corrected chi connectivity index (χ1v) is 8.94. The van der Waals surface area contributed by atoms with Crippen LogP contribution in [0.25, 0.3) is 27.5 Å². The van der Waals surface area contributed by atoms with Crippen LogP contribution in [0.2, 0.25) is 0 Å². The highest BCUT2D eigenvalue weighted by Crippen LogP contribution is 2.36. The summed E-state index contributed by atoms with van der Waals surface area (Å²) in [6.07, 6.45) is 2.45. The van der Waals surface area contributed by atoms with Gasteiger partial charge in [-0.3, -0.25) is 5.10 Å². The van der Waals surface area contributed by atoms with Crippen LogP contribution in [0, 0.1) is 5.82 Å². The zero-order valence-corrected chi connectivity index (χ0v) is 15.2. The van der Waals surface area contributed by atoms with Crippen molar-refractivity contribution in [2.45, 2.75) is 26.2 Å². The first kappa shape index (κ1) is 17.8. The van der Waals surface area contributed by atoms with Crippen LogP contribution in [-0.4, -0.2) is 34.1 Å². The van der Waals surface area contributed by atoms with Crippen molar-refractivity contribution in [2.75, 3.05) is 6.61 Å². The maximum absolute atomic E-state index is 13.5. The fourth-order valence-electron chi connectivity index (χ4n) is 3.76. The van der Waals surface area contributed by atoms with E-state index < -0.39 is 0 Å². The van der Waals surface area contributed by atoms with Crippen LogP contribution in [0.5, 0.6) is 0 Å². The molecule has 0 bridgehead atoms. The third kappa shape index (κ3) is 3.13. The van der Waals surface area contributed by atoms with E-state index in [1.54, 1.807) is 18.3 Å². The first-order chi connectivity index (χ1) is 13.1. The molecule has 0 saturated heterocycles. The van der Waals surface area contributed by atoms with Crippen molar-refractivity contribution in [1.82, 2.24) is 14.8 Å². The van der Waals surface area contributed by atoms with Crippen molar-refractivity contribution in [2.24, 2.45) is 0 Å².